The van der Waals surface area contributed by atoms with Crippen LogP contribution in [0.3, 0.4) is 0 Å². The number of hydrogen-bond acceptors (Lipinski definition) is 7. The number of pyridine rings is 2. The molecule has 4 aromatic rings. The van der Waals surface area contributed by atoms with Gasteiger partial charge in [-0.1, -0.05) is 6.07 Å². The van der Waals surface area contributed by atoms with Crippen LogP contribution in [0.1, 0.15) is 10.4 Å². The highest BCUT2D eigenvalue weighted by Crippen LogP contribution is 2.29. The highest BCUT2D eigenvalue weighted by atomic mass is 32.2. The van der Waals surface area contributed by atoms with E-state index in [-0.39, 0.29) is 10.8 Å². The van der Waals surface area contributed by atoms with Crippen LogP contribution in [-0.2, 0) is 9.84 Å². The van der Waals surface area contributed by atoms with Crippen LogP contribution >= 0.6 is 0 Å². The van der Waals surface area contributed by atoms with E-state index >= 15 is 0 Å². The summed E-state index contributed by atoms with van der Waals surface area (Å²) >= 11 is 0. The predicted molar refractivity (Wildman–Crippen MR) is 102 cm³/mol. The number of rotatable bonds is 5. The van der Waals surface area contributed by atoms with Crippen LogP contribution in [0.5, 0.6) is 11.5 Å². The summed E-state index contributed by atoms with van der Waals surface area (Å²) in [5.74, 6) is 1.16. The van der Waals surface area contributed by atoms with E-state index in [2.05, 4.69) is 19.9 Å². The van der Waals surface area contributed by atoms with Gasteiger partial charge in [0, 0.05) is 18.5 Å². The van der Waals surface area contributed by atoms with Gasteiger partial charge in [-0.25, -0.2) is 18.4 Å². The highest BCUT2D eigenvalue weighted by molar-refractivity contribution is 7.90. The van der Waals surface area contributed by atoms with Gasteiger partial charge in [0.2, 0.25) is 0 Å². The Kier molecular flexibility index (Phi) is 4.36. The maximum absolute atomic E-state index is 11.5. The van der Waals surface area contributed by atoms with Crippen LogP contribution < -0.4 is 4.74 Å². The Hall–Kier alpha value is -3.59. The van der Waals surface area contributed by atoms with Gasteiger partial charge in [0.25, 0.3) is 0 Å². The first kappa shape index (κ1) is 17.8. The van der Waals surface area contributed by atoms with Gasteiger partial charge >= 0.3 is 0 Å². The van der Waals surface area contributed by atoms with E-state index in [1.165, 1.54) is 18.3 Å². The first-order valence-electron chi connectivity index (χ1n) is 8.18. The van der Waals surface area contributed by atoms with Crippen molar-refractivity contribution in [2.75, 3.05) is 6.26 Å². The Balaban J connectivity index is 1.71. The molecule has 0 amide bonds. The molecule has 1 aromatic carbocycles. The molecule has 9 heteroatoms. The Morgan fingerprint density at radius 1 is 1.11 bits per heavy atom. The van der Waals surface area contributed by atoms with Crippen LogP contribution in [0.2, 0.25) is 0 Å². The predicted octanol–water partition coefficient (Wildman–Crippen LogP) is 3.03. The highest BCUT2D eigenvalue weighted by Gasteiger charge is 2.13. The third-order valence-corrected chi connectivity index (χ3v) is 4.97. The van der Waals surface area contributed by atoms with Crippen molar-refractivity contribution in [3.8, 4) is 23.0 Å². The molecular weight excluding hydrogens is 380 g/mol. The molecule has 0 fully saturated rings. The second kappa shape index (κ2) is 6.86. The van der Waals surface area contributed by atoms with E-state index in [4.69, 9.17) is 4.74 Å². The maximum Gasteiger partial charge on any atom is 0.192 e. The minimum atomic E-state index is -3.40. The Labute approximate surface area is 160 Å². The Morgan fingerprint density at radius 2 is 1.96 bits per heavy atom. The number of aldehydes is 1. The molecule has 0 aliphatic rings. The van der Waals surface area contributed by atoms with Crippen molar-refractivity contribution in [1.82, 2.24) is 19.9 Å². The summed E-state index contributed by atoms with van der Waals surface area (Å²) in [6.07, 6.45) is 4.71. The molecule has 140 valence electrons. The van der Waals surface area contributed by atoms with Crippen LogP contribution in [0.15, 0.2) is 59.9 Å². The van der Waals surface area contributed by atoms with E-state index in [1.807, 2.05) is 18.2 Å². The lowest BCUT2D eigenvalue weighted by atomic mass is 10.2. The number of nitrogens with zero attached hydrogens (tertiary/aromatic N) is 3. The largest absolute Gasteiger partial charge is 0.455 e. The Morgan fingerprint density at radius 3 is 2.61 bits per heavy atom. The summed E-state index contributed by atoms with van der Waals surface area (Å²) in [5.41, 5.74) is 2.26. The van der Waals surface area contributed by atoms with Gasteiger partial charge < -0.3 is 9.72 Å². The lowest BCUT2D eigenvalue weighted by molar-refractivity contribution is 0.112. The van der Waals surface area contributed by atoms with Crippen LogP contribution in [-0.4, -0.2) is 40.9 Å². The summed E-state index contributed by atoms with van der Waals surface area (Å²) < 4.78 is 28.7. The number of aromatic amines is 1. The molecule has 0 aliphatic heterocycles. The number of carbonyl (C=O) groups is 1. The molecule has 0 radical (unpaired) electrons. The van der Waals surface area contributed by atoms with E-state index in [0.717, 1.165) is 6.26 Å². The quantitative estimate of drug-likeness (QED) is 0.517. The average Bonchev–Trinajstić information content (AvgIpc) is 3.10. The molecule has 0 spiro atoms. The fourth-order valence-electron chi connectivity index (χ4n) is 2.63. The van der Waals surface area contributed by atoms with Gasteiger partial charge in [-0.05, 0) is 30.3 Å². The Bertz CT molecular complexity index is 1270. The average molecular weight is 394 g/mol. The molecule has 3 heterocycles. The normalized spacial score (nSPS) is 11.5. The number of sulfone groups is 1. The third-order valence-electron chi connectivity index (χ3n) is 3.96. The lowest BCUT2D eigenvalue weighted by Gasteiger charge is -2.08. The van der Waals surface area contributed by atoms with Gasteiger partial charge in [0.1, 0.15) is 17.2 Å². The summed E-state index contributed by atoms with van der Waals surface area (Å²) in [7, 11) is -3.40. The van der Waals surface area contributed by atoms with Crippen LogP contribution in [0.4, 0.5) is 0 Å². The minimum absolute atomic E-state index is 0.0572. The van der Waals surface area contributed by atoms with Gasteiger partial charge in [-0.15, -0.1) is 0 Å². The molecule has 0 saturated carbocycles. The van der Waals surface area contributed by atoms with Crippen LogP contribution in [0.25, 0.3) is 22.6 Å². The summed E-state index contributed by atoms with van der Waals surface area (Å²) in [6, 6.07) is 11.6. The standard InChI is InChI=1S/C19H14N4O4S/c1-28(25,26)18-6-5-13(10-21-18)27-17-9-16-15(8-12(17)11-24)22-19(23-16)14-4-2-3-7-20-14/h2-11H,1H3,(H,22,23). The van der Waals surface area contributed by atoms with E-state index < -0.39 is 9.84 Å². The van der Waals surface area contributed by atoms with Crippen molar-refractivity contribution in [3.63, 3.8) is 0 Å². The third kappa shape index (κ3) is 3.47. The number of fused-ring (bicyclic) bond motifs is 1. The van der Waals surface area contributed by atoms with Crippen molar-refractivity contribution in [3.05, 3.63) is 60.4 Å². The molecule has 0 bridgehead atoms. The zero-order valence-electron chi connectivity index (χ0n) is 14.7. The first-order chi connectivity index (χ1) is 13.4. The number of imidazole rings is 1. The number of ether oxygens (including phenoxy) is 1. The monoisotopic (exact) mass is 394 g/mol. The molecule has 28 heavy (non-hydrogen) atoms. The molecule has 3 aromatic heterocycles. The molecule has 0 saturated heterocycles. The van der Waals surface area contributed by atoms with Crippen molar-refractivity contribution in [2.45, 2.75) is 5.03 Å². The number of aromatic nitrogens is 4. The van der Waals surface area contributed by atoms with E-state index in [9.17, 15) is 13.2 Å². The molecule has 0 aliphatic carbocycles. The van der Waals surface area contributed by atoms with Gasteiger partial charge in [0.05, 0.1) is 22.8 Å². The molecule has 4 rings (SSSR count). The molecular formula is C19H14N4O4S. The SMILES string of the molecule is CS(=O)(=O)c1ccc(Oc2cc3nc(-c4ccccn4)[nH]c3cc2C=O)cn1. The zero-order chi connectivity index (χ0) is 19.7. The van der Waals surface area contributed by atoms with E-state index in [1.54, 1.807) is 18.3 Å². The topological polar surface area (TPSA) is 115 Å². The molecule has 0 atom stereocenters. The maximum atomic E-state index is 11.5. The second-order valence-electron chi connectivity index (χ2n) is 6.03. The fourth-order valence-corrected chi connectivity index (χ4v) is 3.19. The van der Waals surface area contributed by atoms with Crippen LogP contribution in [0, 0.1) is 0 Å². The smallest absolute Gasteiger partial charge is 0.192 e. The number of carbonyl (C=O) groups excluding carboxylic acids is 1. The zero-order valence-corrected chi connectivity index (χ0v) is 15.5. The van der Waals surface area contributed by atoms with Crippen molar-refractivity contribution < 1.29 is 17.9 Å². The van der Waals surface area contributed by atoms with Gasteiger partial charge in [-0.2, -0.15) is 0 Å². The number of hydrogen-bond donors (Lipinski definition) is 1. The summed E-state index contributed by atoms with van der Waals surface area (Å²) in [4.78, 5) is 27.3. The van der Waals surface area contributed by atoms with Gasteiger partial charge in [-0.3, -0.25) is 9.78 Å². The van der Waals surface area contributed by atoms with Crippen molar-refractivity contribution >= 4 is 27.2 Å². The second-order valence-corrected chi connectivity index (χ2v) is 7.99. The summed E-state index contributed by atoms with van der Waals surface area (Å²) in [6.45, 7) is 0. The lowest BCUT2D eigenvalue weighted by Crippen LogP contribution is -2.00. The first-order valence-corrected chi connectivity index (χ1v) is 10.1. The minimum Gasteiger partial charge on any atom is -0.455 e. The van der Waals surface area contributed by atoms with E-state index in [0.29, 0.717) is 40.2 Å². The van der Waals surface area contributed by atoms with Gasteiger partial charge in [0.15, 0.2) is 27.0 Å². The number of H-pyrrole nitrogens is 1. The van der Waals surface area contributed by atoms with Crippen molar-refractivity contribution in [2.24, 2.45) is 0 Å². The number of nitrogens with one attached hydrogen (secondary N) is 1. The molecule has 8 nitrogen and oxygen atoms in total. The molecule has 1 N–H and O–H groups in total. The van der Waals surface area contributed by atoms with Crippen molar-refractivity contribution in [1.29, 1.82) is 0 Å². The molecule has 0 unspecified atom stereocenters. The fraction of sp³-hybridized carbons (Fsp3) is 0.0526. The number of benzene rings is 1. The summed E-state index contributed by atoms with van der Waals surface area (Å²) in [5, 5.41) is -0.0572.